The predicted octanol–water partition coefficient (Wildman–Crippen LogP) is 2.65. The molecule has 0 radical (unpaired) electrons. The van der Waals surface area contributed by atoms with Gasteiger partial charge in [0.05, 0.1) is 11.1 Å². The Morgan fingerprint density at radius 1 is 0.952 bits per heavy atom. The lowest BCUT2D eigenvalue weighted by atomic mass is 10.1. The first kappa shape index (κ1) is 13.4. The molecule has 0 aliphatic carbocycles. The molecule has 0 amide bonds. The predicted molar refractivity (Wildman–Crippen MR) is 90.9 cm³/mol. The van der Waals surface area contributed by atoms with Gasteiger partial charge in [0, 0.05) is 25.8 Å². The van der Waals surface area contributed by atoms with E-state index in [1.165, 1.54) is 28.1 Å². The van der Waals surface area contributed by atoms with E-state index >= 15 is 0 Å². The highest BCUT2D eigenvalue weighted by Crippen LogP contribution is 2.21. The Kier molecular flexibility index (Phi) is 3.69. The minimum atomic E-state index is 1.17. The van der Waals surface area contributed by atoms with E-state index in [1.807, 2.05) is 12.3 Å². The van der Waals surface area contributed by atoms with Crippen LogP contribution in [0.2, 0.25) is 0 Å². The summed E-state index contributed by atoms with van der Waals surface area (Å²) < 4.78 is 0. The summed E-state index contributed by atoms with van der Waals surface area (Å²) in [5.74, 6) is 0. The number of hydrogen-bond acceptors (Lipinski definition) is 1. The molecule has 0 bridgehead atoms. The molecule has 1 N–H and O–H groups in total. The van der Waals surface area contributed by atoms with E-state index in [1.54, 1.807) is 0 Å². The van der Waals surface area contributed by atoms with Gasteiger partial charge in [-0.3, -0.25) is 0 Å². The first-order valence-electron chi connectivity index (χ1n) is 7.09. The van der Waals surface area contributed by atoms with Gasteiger partial charge in [-0.2, -0.15) is 0 Å². The van der Waals surface area contributed by atoms with Crippen molar-refractivity contribution in [2.75, 3.05) is 19.0 Å². The second-order valence-corrected chi connectivity index (χ2v) is 5.30. The van der Waals surface area contributed by atoms with Crippen molar-refractivity contribution in [1.29, 1.82) is 0 Å². The van der Waals surface area contributed by atoms with Gasteiger partial charge in [-0.15, -0.1) is 0 Å². The normalized spacial score (nSPS) is 14.9. The zero-order valence-electron chi connectivity index (χ0n) is 12.4. The Hall–Kier alpha value is -2.61. The molecule has 104 valence electrons. The average molecular weight is 275 g/mol. The van der Waals surface area contributed by atoms with Crippen molar-refractivity contribution in [3.05, 3.63) is 71.8 Å². The fourth-order valence-electron chi connectivity index (χ4n) is 2.38. The third-order valence-corrected chi connectivity index (χ3v) is 3.60. The monoisotopic (exact) mass is 275 g/mol. The lowest BCUT2D eigenvalue weighted by Gasteiger charge is -2.11. The molecule has 0 fully saturated rings. The number of para-hydroxylation sites is 1. The maximum absolute atomic E-state index is 3.29. The van der Waals surface area contributed by atoms with Gasteiger partial charge in [-0.1, -0.05) is 36.4 Å². The van der Waals surface area contributed by atoms with Crippen molar-refractivity contribution >= 4 is 29.2 Å². The van der Waals surface area contributed by atoms with E-state index in [-0.39, 0.29) is 0 Å². The van der Waals surface area contributed by atoms with Gasteiger partial charge in [0.1, 0.15) is 0 Å². The number of rotatable bonds is 3. The van der Waals surface area contributed by atoms with Gasteiger partial charge < -0.3 is 4.90 Å². The van der Waals surface area contributed by atoms with Crippen LogP contribution in [-0.4, -0.2) is 20.3 Å². The minimum absolute atomic E-state index is 1.17. The van der Waals surface area contributed by atoms with Crippen molar-refractivity contribution in [3.63, 3.8) is 0 Å². The molecule has 2 nitrogen and oxygen atoms in total. The molecule has 0 saturated carbocycles. The van der Waals surface area contributed by atoms with Crippen LogP contribution < -0.4 is 9.89 Å². The molecule has 1 aliphatic heterocycles. The van der Waals surface area contributed by atoms with E-state index in [9.17, 15) is 0 Å². The molecule has 0 unspecified atom stereocenters. The Balaban J connectivity index is 1.76. The van der Waals surface area contributed by atoms with Crippen LogP contribution in [0, 0.1) is 0 Å². The van der Waals surface area contributed by atoms with Gasteiger partial charge in [0.25, 0.3) is 0 Å². The molecular weight excluding hydrogens is 256 g/mol. The van der Waals surface area contributed by atoms with Crippen LogP contribution in [0.3, 0.4) is 0 Å². The number of nitrogens with zero attached hydrogens (tertiary/aromatic N) is 1. The lowest BCUT2D eigenvalue weighted by molar-refractivity contribution is -0.342. The smallest absolute Gasteiger partial charge is 0.211 e. The summed E-state index contributed by atoms with van der Waals surface area (Å²) in [6, 6.07) is 16.9. The third kappa shape index (κ3) is 2.95. The van der Waals surface area contributed by atoms with Crippen molar-refractivity contribution in [2.45, 2.75) is 0 Å². The average Bonchev–Trinajstić information content (AvgIpc) is 2.91. The summed E-state index contributed by atoms with van der Waals surface area (Å²) in [7, 11) is 4.10. The lowest BCUT2D eigenvalue weighted by Crippen LogP contribution is -2.58. The molecule has 21 heavy (non-hydrogen) atoms. The van der Waals surface area contributed by atoms with Gasteiger partial charge in [0.15, 0.2) is 6.21 Å². The molecule has 2 heteroatoms. The van der Waals surface area contributed by atoms with Crippen LogP contribution in [0.15, 0.2) is 60.7 Å². The summed E-state index contributed by atoms with van der Waals surface area (Å²) in [5, 5.41) is 0. The second-order valence-electron chi connectivity index (χ2n) is 5.30. The van der Waals surface area contributed by atoms with Crippen LogP contribution in [0.4, 0.5) is 11.4 Å². The third-order valence-electron chi connectivity index (χ3n) is 3.60. The summed E-state index contributed by atoms with van der Waals surface area (Å²) in [5.41, 5.74) is 6.06. The van der Waals surface area contributed by atoms with E-state index in [4.69, 9.17) is 0 Å². The fourth-order valence-corrected chi connectivity index (χ4v) is 2.38. The van der Waals surface area contributed by atoms with Crippen molar-refractivity contribution < 1.29 is 4.99 Å². The van der Waals surface area contributed by atoms with Gasteiger partial charge >= 0.3 is 0 Å². The number of anilines is 1. The van der Waals surface area contributed by atoms with Gasteiger partial charge in [-0.25, -0.2) is 4.99 Å². The number of hydrogen-bond donors (Lipinski definition) is 1. The van der Waals surface area contributed by atoms with Gasteiger partial charge in [0.2, 0.25) is 5.69 Å². The highest BCUT2D eigenvalue weighted by atomic mass is 15.1. The van der Waals surface area contributed by atoms with E-state index in [0.717, 1.165) is 0 Å². The van der Waals surface area contributed by atoms with E-state index < -0.39 is 0 Å². The molecule has 0 saturated heterocycles. The largest absolute Gasteiger partial charge is 0.378 e. The number of fused-ring (bicyclic) bond motifs is 1. The maximum atomic E-state index is 3.29. The van der Waals surface area contributed by atoms with Crippen molar-refractivity contribution in [1.82, 2.24) is 0 Å². The van der Waals surface area contributed by atoms with Crippen molar-refractivity contribution in [2.24, 2.45) is 0 Å². The topological polar surface area (TPSA) is 17.2 Å². The van der Waals surface area contributed by atoms with E-state index in [0.29, 0.717) is 0 Å². The fraction of sp³-hybridized carbons (Fsp3) is 0.105. The Labute approximate surface area is 125 Å². The molecule has 1 heterocycles. The molecule has 2 aromatic carbocycles. The summed E-state index contributed by atoms with van der Waals surface area (Å²) in [4.78, 5) is 5.39. The molecular formula is C19H19N2+. The molecule has 0 aromatic heterocycles. The Morgan fingerprint density at radius 3 is 2.48 bits per heavy atom. The van der Waals surface area contributed by atoms with E-state index in [2.05, 4.69) is 84.7 Å². The van der Waals surface area contributed by atoms with Crippen LogP contribution in [0.5, 0.6) is 0 Å². The standard InChI is InChI=1S/C19H18N2/c1-21(2)17-12-10-15(11-13-17)6-5-7-16-14-20-19-9-4-3-8-18(16)19/h3-14H,1-2H3/p+1. The van der Waals surface area contributed by atoms with Crippen molar-refractivity contribution in [3.8, 4) is 0 Å². The highest BCUT2D eigenvalue weighted by Gasteiger charge is 2.15. The van der Waals surface area contributed by atoms with Crippen LogP contribution in [-0.2, 0) is 0 Å². The number of nitrogens with one attached hydrogen (secondary N) is 1. The molecule has 1 aliphatic rings. The Morgan fingerprint density at radius 2 is 1.71 bits per heavy atom. The zero-order chi connectivity index (χ0) is 14.7. The van der Waals surface area contributed by atoms with Gasteiger partial charge in [-0.05, 0) is 29.8 Å². The highest BCUT2D eigenvalue weighted by molar-refractivity contribution is 6.11. The first-order chi connectivity index (χ1) is 10.2. The van der Waals surface area contributed by atoms with Crippen LogP contribution in [0.25, 0.3) is 11.6 Å². The summed E-state index contributed by atoms with van der Waals surface area (Å²) in [6.07, 6.45) is 8.41. The molecule has 2 aromatic rings. The molecule has 0 spiro atoms. The Bertz CT molecular complexity index is 719. The summed E-state index contributed by atoms with van der Waals surface area (Å²) in [6.45, 7) is 0. The van der Waals surface area contributed by atoms with Crippen LogP contribution >= 0.6 is 0 Å². The minimum Gasteiger partial charge on any atom is -0.378 e. The molecule has 0 atom stereocenters. The number of allylic oxidation sites excluding steroid dienone is 3. The maximum Gasteiger partial charge on any atom is 0.211 e. The first-order valence-corrected chi connectivity index (χ1v) is 7.09. The van der Waals surface area contributed by atoms with Crippen LogP contribution in [0.1, 0.15) is 11.1 Å². The number of benzene rings is 2. The summed E-state index contributed by atoms with van der Waals surface area (Å²) >= 11 is 0. The molecule has 3 rings (SSSR count). The quantitative estimate of drug-likeness (QED) is 0.911. The second kappa shape index (κ2) is 5.80. The SMILES string of the molecule is CN(C)c1ccc(C=CC=C2C=[NH+]c3ccccc32)cc1. The zero-order valence-corrected chi connectivity index (χ0v) is 12.4.